The van der Waals surface area contributed by atoms with Gasteiger partial charge in [0.25, 0.3) is 0 Å². The van der Waals surface area contributed by atoms with Gasteiger partial charge in [0.15, 0.2) is 5.78 Å². The molecule has 6 nitrogen and oxygen atoms in total. The number of oxime groups is 1. The predicted octanol–water partition coefficient (Wildman–Crippen LogP) is 10.3. The number of hydrogen-bond donors (Lipinski definition) is 1. The SMILES string of the molecule is CCCCC(CC)Cn1c2ccc(/C(=N\OC(C)=O)c3ccccc3O)cc2c2cc(C(=O)c3c(C)cc(C)cc3C)c3ccccc3c21. The van der Waals surface area contributed by atoms with Gasteiger partial charge in [0.05, 0.1) is 5.52 Å². The third-order valence-corrected chi connectivity index (χ3v) is 9.69. The van der Waals surface area contributed by atoms with E-state index >= 15 is 0 Å². The molecule has 0 spiro atoms. The van der Waals surface area contributed by atoms with E-state index in [4.69, 9.17) is 4.84 Å². The summed E-state index contributed by atoms with van der Waals surface area (Å²) >= 11 is 0. The van der Waals surface area contributed by atoms with Gasteiger partial charge in [-0.3, -0.25) is 4.79 Å². The second-order valence-corrected chi connectivity index (χ2v) is 13.3. The lowest BCUT2D eigenvalue weighted by Crippen LogP contribution is -2.11. The number of hydrogen-bond acceptors (Lipinski definition) is 5. The Labute approximate surface area is 288 Å². The summed E-state index contributed by atoms with van der Waals surface area (Å²) in [5, 5.41) is 18.9. The van der Waals surface area contributed by atoms with Crippen LogP contribution in [0.2, 0.25) is 0 Å². The highest BCUT2D eigenvalue weighted by Crippen LogP contribution is 2.39. The number of benzene rings is 5. The molecule has 0 bridgehead atoms. The third kappa shape index (κ3) is 6.48. The number of unbranched alkanes of at least 4 members (excludes halogenated alkanes) is 1. The molecule has 1 unspecified atom stereocenters. The third-order valence-electron chi connectivity index (χ3n) is 9.69. The number of aryl methyl sites for hydroxylation is 3. The van der Waals surface area contributed by atoms with Crippen LogP contribution in [0.15, 0.2) is 90.1 Å². The standard InChI is InChI=1S/C43H44N2O4/c1-7-9-14-30(8-2)25-45-38-20-19-31(41(44-49-29(6)46)34-17-12-13-18-39(34)47)23-35(38)36-24-37(32-15-10-11-16-33(32)42(36)45)43(48)40-27(4)21-26(3)22-28(40)5/h10-13,15-24,30,47H,7-9,14,25H2,1-6H3/b44-41+. The molecule has 0 aliphatic heterocycles. The molecule has 49 heavy (non-hydrogen) atoms. The van der Waals surface area contributed by atoms with Crippen molar-refractivity contribution in [2.45, 2.75) is 73.8 Å². The molecule has 0 fully saturated rings. The van der Waals surface area contributed by atoms with Gasteiger partial charge in [-0.05, 0) is 80.0 Å². The molecule has 1 atom stereocenters. The Bertz CT molecular complexity index is 2240. The second kappa shape index (κ2) is 14.1. The number of phenols is 1. The van der Waals surface area contributed by atoms with Crippen LogP contribution in [0.3, 0.4) is 0 Å². The van der Waals surface area contributed by atoms with Gasteiger partial charge in [0.2, 0.25) is 0 Å². The van der Waals surface area contributed by atoms with Crippen molar-refractivity contribution in [1.29, 1.82) is 0 Å². The van der Waals surface area contributed by atoms with Gasteiger partial charge in [-0.1, -0.05) is 98.4 Å². The van der Waals surface area contributed by atoms with Crippen molar-refractivity contribution in [2.75, 3.05) is 0 Å². The summed E-state index contributed by atoms with van der Waals surface area (Å²) < 4.78 is 2.43. The lowest BCUT2D eigenvalue weighted by molar-refractivity contribution is -0.140. The summed E-state index contributed by atoms with van der Waals surface area (Å²) in [4.78, 5) is 31.6. The van der Waals surface area contributed by atoms with Crippen molar-refractivity contribution >= 4 is 50.0 Å². The van der Waals surface area contributed by atoms with E-state index < -0.39 is 5.97 Å². The molecule has 1 heterocycles. The second-order valence-electron chi connectivity index (χ2n) is 13.3. The fraction of sp³-hybridized carbons (Fsp3) is 0.279. The van der Waals surface area contributed by atoms with Crippen LogP contribution in [0.5, 0.6) is 5.75 Å². The predicted molar refractivity (Wildman–Crippen MR) is 200 cm³/mol. The van der Waals surface area contributed by atoms with Gasteiger partial charge < -0.3 is 14.5 Å². The van der Waals surface area contributed by atoms with E-state index in [-0.39, 0.29) is 11.5 Å². The first-order valence-corrected chi connectivity index (χ1v) is 17.3. The van der Waals surface area contributed by atoms with Crippen LogP contribution in [0.4, 0.5) is 0 Å². The van der Waals surface area contributed by atoms with Gasteiger partial charge in [0.1, 0.15) is 11.5 Å². The van der Waals surface area contributed by atoms with Gasteiger partial charge in [-0.2, -0.15) is 0 Å². The van der Waals surface area contributed by atoms with Crippen molar-refractivity contribution < 1.29 is 19.5 Å². The Kier molecular flexibility index (Phi) is 9.68. The molecule has 6 aromatic rings. The number of rotatable bonds is 11. The number of phenolic OH excluding ortho intramolecular Hbond substituents is 1. The van der Waals surface area contributed by atoms with Gasteiger partial charge in [-0.15, -0.1) is 0 Å². The molecule has 1 N–H and O–H groups in total. The van der Waals surface area contributed by atoms with Gasteiger partial charge >= 0.3 is 5.97 Å². The minimum absolute atomic E-state index is 0.00542. The Balaban J connectivity index is 1.68. The number of carbonyl (C=O) groups is 2. The number of aromatic nitrogens is 1. The minimum Gasteiger partial charge on any atom is -0.507 e. The molecule has 0 saturated carbocycles. The maximum absolute atomic E-state index is 14.6. The van der Waals surface area contributed by atoms with E-state index in [2.05, 4.69) is 66.9 Å². The molecule has 0 radical (unpaired) electrons. The van der Waals surface area contributed by atoms with Crippen LogP contribution < -0.4 is 0 Å². The van der Waals surface area contributed by atoms with E-state index in [1.54, 1.807) is 18.2 Å². The molecular formula is C43H44N2O4. The fourth-order valence-corrected chi connectivity index (χ4v) is 7.38. The molecule has 0 saturated heterocycles. The number of aromatic hydroxyl groups is 1. The summed E-state index contributed by atoms with van der Waals surface area (Å²) in [6, 6.07) is 27.4. The first kappa shape index (κ1) is 33.7. The first-order valence-electron chi connectivity index (χ1n) is 17.3. The summed E-state index contributed by atoms with van der Waals surface area (Å²) in [6.07, 6.45) is 4.52. The normalized spacial score (nSPS) is 12.6. The average molecular weight is 653 g/mol. The zero-order chi connectivity index (χ0) is 34.8. The highest BCUT2D eigenvalue weighted by Gasteiger charge is 2.24. The molecule has 0 aliphatic rings. The Morgan fingerprint density at radius 1 is 0.816 bits per heavy atom. The number of carbonyl (C=O) groups excluding carboxylic acids is 2. The molecule has 250 valence electrons. The highest BCUT2D eigenvalue weighted by atomic mass is 16.7. The topological polar surface area (TPSA) is 80.9 Å². The van der Waals surface area contributed by atoms with Crippen LogP contribution in [0.1, 0.15) is 90.2 Å². The van der Waals surface area contributed by atoms with Crippen molar-refractivity contribution in [2.24, 2.45) is 11.1 Å². The quantitative estimate of drug-likeness (QED) is 0.0654. The lowest BCUT2D eigenvalue weighted by Gasteiger charge is -2.19. The van der Waals surface area contributed by atoms with Crippen molar-refractivity contribution in [3.63, 3.8) is 0 Å². The van der Waals surface area contributed by atoms with Crippen LogP contribution in [0.25, 0.3) is 32.6 Å². The molecule has 6 rings (SSSR count). The number of ketones is 1. The monoisotopic (exact) mass is 652 g/mol. The number of fused-ring (bicyclic) bond motifs is 5. The molecule has 0 aliphatic carbocycles. The molecule has 1 aromatic heterocycles. The Morgan fingerprint density at radius 2 is 1.51 bits per heavy atom. The highest BCUT2D eigenvalue weighted by molar-refractivity contribution is 6.27. The average Bonchev–Trinajstić information content (AvgIpc) is 3.38. The van der Waals surface area contributed by atoms with Crippen LogP contribution in [-0.2, 0) is 16.2 Å². The van der Waals surface area contributed by atoms with Crippen molar-refractivity contribution in [3.05, 3.63) is 124 Å². The van der Waals surface area contributed by atoms with E-state index in [0.29, 0.717) is 28.3 Å². The lowest BCUT2D eigenvalue weighted by atomic mass is 9.89. The minimum atomic E-state index is -0.556. The fourth-order valence-electron chi connectivity index (χ4n) is 7.38. The molecule has 0 amide bonds. The first-order chi connectivity index (χ1) is 23.6. The Hall–Kier alpha value is -5.23. The Morgan fingerprint density at radius 3 is 2.18 bits per heavy atom. The maximum atomic E-state index is 14.6. The largest absolute Gasteiger partial charge is 0.507 e. The van der Waals surface area contributed by atoms with Gasteiger partial charge in [0, 0.05) is 57.4 Å². The van der Waals surface area contributed by atoms with Crippen LogP contribution in [0, 0.1) is 26.7 Å². The van der Waals surface area contributed by atoms with Crippen LogP contribution >= 0.6 is 0 Å². The summed E-state index contributed by atoms with van der Waals surface area (Å²) in [7, 11) is 0. The van der Waals surface area contributed by atoms with Crippen molar-refractivity contribution in [3.8, 4) is 5.75 Å². The number of nitrogens with zero attached hydrogens (tertiary/aromatic N) is 2. The van der Waals surface area contributed by atoms with E-state index in [0.717, 1.165) is 80.6 Å². The van der Waals surface area contributed by atoms with E-state index in [1.807, 2.05) is 44.2 Å². The van der Waals surface area contributed by atoms with Crippen LogP contribution in [-0.4, -0.2) is 27.1 Å². The summed E-state index contributed by atoms with van der Waals surface area (Å²) in [5.74, 6) is -0.0375. The zero-order valence-electron chi connectivity index (χ0n) is 29.3. The van der Waals surface area contributed by atoms with Crippen molar-refractivity contribution in [1.82, 2.24) is 4.57 Å². The zero-order valence-corrected chi connectivity index (χ0v) is 29.3. The maximum Gasteiger partial charge on any atom is 0.332 e. The summed E-state index contributed by atoms with van der Waals surface area (Å²) in [5.41, 5.74) is 8.07. The molecule has 6 heteroatoms. The number of para-hydroxylation sites is 1. The summed E-state index contributed by atoms with van der Waals surface area (Å²) in [6.45, 7) is 12.7. The smallest absolute Gasteiger partial charge is 0.332 e. The molecule has 5 aromatic carbocycles. The van der Waals surface area contributed by atoms with E-state index in [9.17, 15) is 14.7 Å². The van der Waals surface area contributed by atoms with E-state index in [1.165, 1.54) is 13.3 Å². The molecular weight excluding hydrogens is 608 g/mol. The van der Waals surface area contributed by atoms with Gasteiger partial charge in [-0.25, -0.2) is 4.79 Å².